The van der Waals surface area contributed by atoms with Gasteiger partial charge in [-0.15, -0.1) is 11.3 Å². The molecular formula is C15H18N4O2S. The number of nitrogens with two attached hydrogens (primary N) is 2. The number of aromatic nitrogens is 1. The first kappa shape index (κ1) is 16.1. The summed E-state index contributed by atoms with van der Waals surface area (Å²) in [6.07, 6.45) is 0.118. The van der Waals surface area contributed by atoms with E-state index in [1.54, 1.807) is 10.3 Å². The molecule has 0 aliphatic rings. The molecule has 116 valence electrons. The molecule has 2 rings (SSSR count). The fraction of sp³-hybridized carbons (Fsp3) is 0.267. The monoisotopic (exact) mass is 318 g/mol. The molecule has 0 bridgehead atoms. The second-order valence-electron chi connectivity index (χ2n) is 4.76. The highest BCUT2D eigenvalue weighted by Crippen LogP contribution is 2.14. The van der Waals surface area contributed by atoms with Crippen LogP contribution in [-0.4, -0.2) is 28.2 Å². The predicted molar refractivity (Wildman–Crippen MR) is 85.0 cm³/mol. The Morgan fingerprint density at radius 1 is 1.23 bits per heavy atom. The molecule has 0 aliphatic carbocycles. The van der Waals surface area contributed by atoms with Crippen LogP contribution in [0.25, 0.3) is 0 Å². The van der Waals surface area contributed by atoms with Gasteiger partial charge in [0.05, 0.1) is 0 Å². The van der Waals surface area contributed by atoms with Crippen molar-refractivity contribution in [3.63, 3.8) is 0 Å². The van der Waals surface area contributed by atoms with E-state index in [1.807, 2.05) is 30.3 Å². The summed E-state index contributed by atoms with van der Waals surface area (Å²) in [7, 11) is 0. The van der Waals surface area contributed by atoms with Gasteiger partial charge in [0.1, 0.15) is 10.7 Å². The Morgan fingerprint density at radius 2 is 1.95 bits per heavy atom. The Hall–Kier alpha value is -2.25. The molecule has 1 aromatic heterocycles. The SMILES string of the molecule is NCc1nc(C(=O)N(CCC(N)=O)Cc2ccccc2)cs1. The summed E-state index contributed by atoms with van der Waals surface area (Å²) in [4.78, 5) is 29.4. The number of rotatable bonds is 7. The molecular weight excluding hydrogens is 300 g/mol. The van der Waals surface area contributed by atoms with E-state index in [4.69, 9.17) is 11.5 Å². The predicted octanol–water partition coefficient (Wildman–Crippen LogP) is 1.12. The first-order valence-corrected chi connectivity index (χ1v) is 7.74. The summed E-state index contributed by atoms with van der Waals surface area (Å²) in [5, 5.41) is 2.39. The third-order valence-electron chi connectivity index (χ3n) is 3.08. The van der Waals surface area contributed by atoms with Crippen LogP contribution in [0.4, 0.5) is 0 Å². The largest absolute Gasteiger partial charge is 0.370 e. The third kappa shape index (κ3) is 4.37. The lowest BCUT2D eigenvalue weighted by molar-refractivity contribution is -0.118. The molecule has 22 heavy (non-hydrogen) atoms. The molecule has 2 aromatic rings. The van der Waals surface area contributed by atoms with Crippen LogP contribution in [0.2, 0.25) is 0 Å². The van der Waals surface area contributed by atoms with Crippen LogP contribution in [0.1, 0.15) is 27.5 Å². The van der Waals surface area contributed by atoms with Crippen molar-refractivity contribution in [3.8, 4) is 0 Å². The van der Waals surface area contributed by atoms with Crippen LogP contribution in [-0.2, 0) is 17.9 Å². The van der Waals surface area contributed by atoms with Crippen LogP contribution >= 0.6 is 11.3 Å². The van der Waals surface area contributed by atoms with Crippen molar-refractivity contribution in [3.05, 3.63) is 52.0 Å². The molecule has 0 aliphatic heterocycles. The molecule has 0 fully saturated rings. The van der Waals surface area contributed by atoms with Gasteiger partial charge in [-0.05, 0) is 5.56 Å². The van der Waals surface area contributed by atoms with E-state index < -0.39 is 5.91 Å². The van der Waals surface area contributed by atoms with E-state index in [0.29, 0.717) is 23.8 Å². The van der Waals surface area contributed by atoms with Gasteiger partial charge in [0, 0.05) is 31.4 Å². The van der Waals surface area contributed by atoms with E-state index in [-0.39, 0.29) is 18.9 Å². The number of carbonyl (C=O) groups excluding carboxylic acids is 2. The Morgan fingerprint density at radius 3 is 2.55 bits per heavy atom. The summed E-state index contributed by atoms with van der Waals surface area (Å²) >= 11 is 1.35. The maximum Gasteiger partial charge on any atom is 0.273 e. The average Bonchev–Trinajstić information content (AvgIpc) is 3.00. The number of thiazole rings is 1. The Labute approximate surface area is 132 Å². The molecule has 1 heterocycles. The van der Waals surface area contributed by atoms with Crippen molar-refractivity contribution >= 4 is 23.2 Å². The maximum absolute atomic E-state index is 12.6. The van der Waals surface area contributed by atoms with E-state index in [0.717, 1.165) is 5.56 Å². The minimum Gasteiger partial charge on any atom is -0.370 e. The van der Waals surface area contributed by atoms with Gasteiger partial charge < -0.3 is 16.4 Å². The normalized spacial score (nSPS) is 10.4. The van der Waals surface area contributed by atoms with Crippen LogP contribution in [0.3, 0.4) is 0 Å². The first-order valence-electron chi connectivity index (χ1n) is 6.86. The Bertz CT molecular complexity index is 642. The van der Waals surface area contributed by atoms with Gasteiger partial charge in [-0.25, -0.2) is 4.98 Å². The molecule has 0 atom stereocenters. The molecule has 0 saturated carbocycles. The van der Waals surface area contributed by atoms with E-state index in [9.17, 15) is 9.59 Å². The average molecular weight is 318 g/mol. The van der Waals surface area contributed by atoms with Crippen molar-refractivity contribution in [2.24, 2.45) is 11.5 Å². The van der Waals surface area contributed by atoms with Crippen molar-refractivity contribution in [2.45, 2.75) is 19.5 Å². The summed E-state index contributed by atoms with van der Waals surface area (Å²) in [6, 6.07) is 9.57. The highest BCUT2D eigenvalue weighted by atomic mass is 32.1. The number of nitrogens with zero attached hydrogens (tertiary/aromatic N) is 2. The zero-order chi connectivity index (χ0) is 15.9. The molecule has 6 nitrogen and oxygen atoms in total. The maximum atomic E-state index is 12.6. The van der Waals surface area contributed by atoms with Crippen LogP contribution < -0.4 is 11.5 Å². The molecule has 0 radical (unpaired) electrons. The quantitative estimate of drug-likeness (QED) is 0.798. The Balaban J connectivity index is 2.15. The number of benzene rings is 1. The van der Waals surface area contributed by atoms with Crippen molar-refractivity contribution in [1.29, 1.82) is 0 Å². The highest BCUT2D eigenvalue weighted by Gasteiger charge is 2.19. The lowest BCUT2D eigenvalue weighted by Crippen LogP contribution is -2.33. The second kappa shape index (κ2) is 7.67. The van der Waals surface area contributed by atoms with Crippen LogP contribution in [0.15, 0.2) is 35.7 Å². The molecule has 0 saturated heterocycles. The lowest BCUT2D eigenvalue weighted by Gasteiger charge is -2.21. The molecule has 1 aromatic carbocycles. The molecule has 7 heteroatoms. The first-order chi connectivity index (χ1) is 10.6. The number of hydrogen-bond donors (Lipinski definition) is 2. The summed E-state index contributed by atoms with van der Waals surface area (Å²) in [5.41, 5.74) is 12.0. The smallest absolute Gasteiger partial charge is 0.273 e. The summed E-state index contributed by atoms with van der Waals surface area (Å²) < 4.78 is 0. The fourth-order valence-electron chi connectivity index (χ4n) is 1.97. The van der Waals surface area contributed by atoms with Gasteiger partial charge in [-0.1, -0.05) is 30.3 Å². The van der Waals surface area contributed by atoms with Gasteiger partial charge in [-0.3, -0.25) is 9.59 Å². The van der Waals surface area contributed by atoms with Crippen molar-refractivity contribution in [2.75, 3.05) is 6.54 Å². The van der Waals surface area contributed by atoms with Gasteiger partial charge >= 0.3 is 0 Å². The molecule has 0 unspecified atom stereocenters. The fourth-order valence-corrected chi connectivity index (χ4v) is 2.61. The van der Waals surface area contributed by atoms with Crippen LogP contribution in [0, 0.1) is 0 Å². The number of carbonyl (C=O) groups is 2. The lowest BCUT2D eigenvalue weighted by atomic mass is 10.2. The zero-order valence-electron chi connectivity index (χ0n) is 12.1. The van der Waals surface area contributed by atoms with Gasteiger partial charge in [-0.2, -0.15) is 0 Å². The number of amides is 2. The molecule has 4 N–H and O–H groups in total. The van der Waals surface area contributed by atoms with E-state index in [2.05, 4.69) is 4.98 Å². The highest BCUT2D eigenvalue weighted by molar-refractivity contribution is 7.09. The number of primary amides is 1. The van der Waals surface area contributed by atoms with Crippen molar-refractivity contribution < 1.29 is 9.59 Å². The topological polar surface area (TPSA) is 102 Å². The molecule has 0 spiro atoms. The molecule has 2 amide bonds. The van der Waals surface area contributed by atoms with E-state index in [1.165, 1.54) is 11.3 Å². The zero-order valence-corrected chi connectivity index (χ0v) is 12.9. The van der Waals surface area contributed by atoms with Gasteiger partial charge in [0.2, 0.25) is 5.91 Å². The number of hydrogen-bond acceptors (Lipinski definition) is 5. The van der Waals surface area contributed by atoms with E-state index >= 15 is 0 Å². The van der Waals surface area contributed by atoms with Gasteiger partial charge in [0.25, 0.3) is 5.91 Å². The third-order valence-corrected chi connectivity index (χ3v) is 3.95. The standard InChI is InChI=1S/C15H18N4O2S/c16-8-14-18-12(10-22-14)15(21)19(7-6-13(17)20)9-11-4-2-1-3-5-11/h1-5,10H,6-9,16H2,(H2,17,20). The van der Waals surface area contributed by atoms with Crippen LogP contribution in [0.5, 0.6) is 0 Å². The Kier molecular flexibility index (Phi) is 5.62. The summed E-state index contributed by atoms with van der Waals surface area (Å²) in [6.45, 7) is 0.971. The minimum atomic E-state index is -0.438. The summed E-state index contributed by atoms with van der Waals surface area (Å²) in [5.74, 6) is -0.659. The minimum absolute atomic E-state index is 0.118. The van der Waals surface area contributed by atoms with Gasteiger partial charge in [0.15, 0.2) is 0 Å². The second-order valence-corrected chi connectivity index (χ2v) is 5.70. The van der Waals surface area contributed by atoms with Crippen molar-refractivity contribution in [1.82, 2.24) is 9.88 Å².